The van der Waals surface area contributed by atoms with Crippen LogP contribution in [0.3, 0.4) is 0 Å². The lowest BCUT2D eigenvalue weighted by molar-refractivity contribution is -0.0397. The molecule has 0 atom stereocenters. The van der Waals surface area contributed by atoms with E-state index in [1.165, 1.54) is 18.2 Å². The summed E-state index contributed by atoms with van der Waals surface area (Å²) >= 11 is 0. The first-order chi connectivity index (χ1) is 9.86. The molecule has 6 heteroatoms. The van der Waals surface area contributed by atoms with E-state index in [0.717, 1.165) is 44.6 Å². The van der Waals surface area contributed by atoms with Crippen molar-refractivity contribution in [1.82, 2.24) is 0 Å². The lowest BCUT2D eigenvalue weighted by Crippen LogP contribution is -2.36. The molecule has 1 aromatic carbocycles. The third-order valence-electron chi connectivity index (χ3n) is 4.09. The highest BCUT2D eigenvalue weighted by atomic mass is 32.2. The van der Waals surface area contributed by atoms with Crippen molar-refractivity contribution in [2.75, 3.05) is 0 Å². The van der Waals surface area contributed by atoms with E-state index in [1.807, 2.05) is 6.92 Å². The van der Waals surface area contributed by atoms with Gasteiger partial charge in [-0.2, -0.15) is 8.42 Å². The van der Waals surface area contributed by atoms with Gasteiger partial charge in [0.05, 0.1) is 10.5 Å². The highest BCUT2D eigenvalue weighted by molar-refractivity contribution is 7.85. The number of esters is 1. The molecule has 21 heavy (non-hydrogen) atoms. The Kier molecular flexibility index (Phi) is 4.68. The zero-order chi connectivity index (χ0) is 15.5. The Morgan fingerprint density at radius 3 is 2.52 bits per heavy atom. The number of hydrogen-bond acceptors (Lipinski definition) is 4. The van der Waals surface area contributed by atoms with Crippen molar-refractivity contribution in [2.24, 2.45) is 0 Å². The second-order valence-electron chi connectivity index (χ2n) is 5.49. The van der Waals surface area contributed by atoms with E-state index in [0.29, 0.717) is 0 Å². The fraction of sp³-hybridized carbons (Fsp3) is 0.533. The standard InChI is InChI=1S/C15H20O5S/c1-2-15(9-4-3-5-10-15)20-14(16)12-7-6-8-13(11-12)21(17,18)19/h6-8,11H,2-5,9-10H2,1H3,(H,17,18,19). The summed E-state index contributed by atoms with van der Waals surface area (Å²) < 4.78 is 36.9. The van der Waals surface area contributed by atoms with Gasteiger partial charge in [0.25, 0.3) is 10.1 Å². The quantitative estimate of drug-likeness (QED) is 0.682. The third kappa shape index (κ3) is 3.83. The van der Waals surface area contributed by atoms with Crippen molar-refractivity contribution in [3.05, 3.63) is 29.8 Å². The van der Waals surface area contributed by atoms with Crippen LogP contribution in [0.4, 0.5) is 0 Å². The van der Waals surface area contributed by atoms with Gasteiger partial charge in [-0.1, -0.05) is 19.4 Å². The number of carbonyl (C=O) groups is 1. The Bertz CT molecular complexity index is 615. The van der Waals surface area contributed by atoms with Crippen LogP contribution < -0.4 is 0 Å². The van der Waals surface area contributed by atoms with E-state index in [4.69, 9.17) is 9.29 Å². The lowest BCUT2D eigenvalue weighted by atomic mass is 9.82. The maximum atomic E-state index is 12.3. The summed E-state index contributed by atoms with van der Waals surface area (Å²) in [4.78, 5) is 12.0. The smallest absolute Gasteiger partial charge is 0.338 e. The highest BCUT2D eigenvalue weighted by Gasteiger charge is 2.34. The highest BCUT2D eigenvalue weighted by Crippen LogP contribution is 2.35. The molecule has 5 nitrogen and oxygen atoms in total. The summed E-state index contributed by atoms with van der Waals surface area (Å²) in [5.74, 6) is -0.538. The maximum absolute atomic E-state index is 12.3. The molecular weight excluding hydrogens is 292 g/mol. The largest absolute Gasteiger partial charge is 0.455 e. The molecule has 0 aliphatic heterocycles. The van der Waals surface area contributed by atoms with Crippen molar-refractivity contribution in [3.8, 4) is 0 Å². The van der Waals surface area contributed by atoms with E-state index in [2.05, 4.69) is 0 Å². The van der Waals surface area contributed by atoms with Gasteiger partial charge in [-0.25, -0.2) is 4.79 Å². The van der Waals surface area contributed by atoms with Gasteiger partial charge >= 0.3 is 5.97 Å². The van der Waals surface area contributed by atoms with E-state index >= 15 is 0 Å². The zero-order valence-corrected chi connectivity index (χ0v) is 12.9. The maximum Gasteiger partial charge on any atom is 0.338 e. The van der Waals surface area contributed by atoms with Crippen LogP contribution in [0.1, 0.15) is 55.8 Å². The molecule has 1 aliphatic carbocycles. The molecule has 0 saturated heterocycles. The van der Waals surface area contributed by atoms with Crippen LogP contribution in [0.5, 0.6) is 0 Å². The molecule has 1 aliphatic rings. The molecule has 1 N–H and O–H groups in total. The molecular formula is C15H20O5S. The van der Waals surface area contributed by atoms with Crippen molar-refractivity contribution >= 4 is 16.1 Å². The first-order valence-corrected chi connectivity index (χ1v) is 8.61. The van der Waals surface area contributed by atoms with E-state index in [9.17, 15) is 13.2 Å². The summed E-state index contributed by atoms with van der Waals surface area (Å²) in [5, 5.41) is 0. The van der Waals surface area contributed by atoms with Crippen LogP contribution in [0.25, 0.3) is 0 Å². The Balaban J connectivity index is 2.20. The second kappa shape index (κ2) is 6.15. The van der Waals surface area contributed by atoms with Gasteiger partial charge in [0.2, 0.25) is 0 Å². The van der Waals surface area contributed by atoms with Gasteiger partial charge in [-0.05, 0) is 50.3 Å². The molecule has 0 unspecified atom stereocenters. The number of ether oxygens (including phenoxy) is 1. The molecule has 1 aromatic rings. The molecule has 0 amide bonds. The number of carbonyl (C=O) groups excluding carboxylic acids is 1. The molecule has 0 bridgehead atoms. The molecule has 1 saturated carbocycles. The molecule has 0 aromatic heterocycles. The topological polar surface area (TPSA) is 80.7 Å². The minimum atomic E-state index is -4.32. The molecule has 2 rings (SSSR count). The van der Waals surface area contributed by atoms with Crippen LogP contribution >= 0.6 is 0 Å². The average Bonchev–Trinajstić information content (AvgIpc) is 2.47. The van der Waals surface area contributed by atoms with Crippen molar-refractivity contribution < 1.29 is 22.5 Å². The first-order valence-electron chi connectivity index (χ1n) is 7.17. The monoisotopic (exact) mass is 312 g/mol. The summed E-state index contributed by atoms with van der Waals surface area (Å²) in [6.07, 6.45) is 5.65. The Labute approximate surface area is 125 Å². The van der Waals surface area contributed by atoms with E-state index in [1.54, 1.807) is 0 Å². The number of hydrogen-bond donors (Lipinski definition) is 1. The SMILES string of the molecule is CCC1(OC(=O)c2cccc(S(=O)(=O)O)c2)CCCCC1. The Morgan fingerprint density at radius 2 is 1.95 bits per heavy atom. The minimum absolute atomic E-state index is 0.142. The summed E-state index contributed by atoms with van der Waals surface area (Å²) in [6, 6.07) is 5.29. The predicted molar refractivity (Wildman–Crippen MR) is 77.8 cm³/mol. The number of rotatable bonds is 4. The van der Waals surface area contributed by atoms with Crippen LogP contribution in [-0.4, -0.2) is 24.5 Å². The molecule has 0 heterocycles. The van der Waals surface area contributed by atoms with Gasteiger partial charge < -0.3 is 4.74 Å². The van der Waals surface area contributed by atoms with Gasteiger partial charge in [0.1, 0.15) is 5.60 Å². The fourth-order valence-electron chi connectivity index (χ4n) is 2.76. The minimum Gasteiger partial charge on any atom is -0.455 e. The summed E-state index contributed by atoms with van der Waals surface area (Å²) in [7, 11) is -4.32. The first kappa shape index (κ1) is 16.0. The third-order valence-corrected chi connectivity index (χ3v) is 4.94. The Hall–Kier alpha value is -1.40. The number of benzene rings is 1. The molecule has 0 radical (unpaired) electrons. The van der Waals surface area contributed by atoms with E-state index < -0.39 is 21.7 Å². The van der Waals surface area contributed by atoms with Crippen LogP contribution in [0.2, 0.25) is 0 Å². The average molecular weight is 312 g/mol. The summed E-state index contributed by atoms with van der Waals surface area (Å²) in [5.41, 5.74) is -0.299. The fourth-order valence-corrected chi connectivity index (χ4v) is 3.29. The normalized spacial score (nSPS) is 18.2. The van der Waals surface area contributed by atoms with E-state index in [-0.39, 0.29) is 10.5 Å². The van der Waals surface area contributed by atoms with Crippen LogP contribution in [-0.2, 0) is 14.9 Å². The molecule has 0 spiro atoms. The van der Waals surface area contributed by atoms with Crippen molar-refractivity contribution in [1.29, 1.82) is 0 Å². The Morgan fingerprint density at radius 1 is 1.29 bits per heavy atom. The summed E-state index contributed by atoms with van der Waals surface area (Å²) in [6.45, 7) is 1.99. The van der Waals surface area contributed by atoms with Crippen LogP contribution in [0.15, 0.2) is 29.2 Å². The van der Waals surface area contributed by atoms with Crippen LogP contribution in [0, 0.1) is 0 Å². The van der Waals surface area contributed by atoms with Gasteiger partial charge in [0.15, 0.2) is 0 Å². The lowest BCUT2D eigenvalue weighted by Gasteiger charge is -2.36. The van der Waals surface area contributed by atoms with Gasteiger partial charge in [0, 0.05) is 0 Å². The zero-order valence-electron chi connectivity index (χ0n) is 12.0. The van der Waals surface area contributed by atoms with Crippen molar-refractivity contribution in [3.63, 3.8) is 0 Å². The van der Waals surface area contributed by atoms with Gasteiger partial charge in [-0.3, -0.25) is 4.55 Å². The molecule has 116 valence electrons. The molecule has 1 fully saturated rings. The van der Waals surface area contributed by atoms with Crippen molar-refractivity contribution in [2.45, 2.75) is 55.9 Å². The van der Waals surface area contributed by atoms with Gasteiger partial charge in [-0.15, -0.1) is 0 Å². The predicted octanol–water partition coefficient (Wildman–Crippen LogP) is 3.20. The second-order valence-corrected chi connectivity index (χ2v) is 6.91.